The summed E-state index contributed by atoms with van der Waals surface area (Å²) in [5, 5.41) is 9.42. The predicted molar refractivity (Wildman–Crippen MR) is 108 cm³/mol. The molecule has 0 unspecified atom stereocenters. The third kappa shape index (κ3) is 3.87. The van der Waals surface area contributed by atoms with E-state index in [4.69, 9.17) is 16.3 Å². The summed E-state index contributed by atoms with van der Waals surface area (Å²) in [6.45, 7) is 1.97. The fourth-order valence-corrected chi connectivity index (χ4v) is 4.41. The van der Waals surface area contributed by atoms with Crippen LogP contribution in [0.25, 0.3) is 5.69 Å². The van der Waals surface area contributed by atoms with Crippen LogP contribution in [0.1, 0.15) is 41.7 Å². The normalized spacial score (nSPS) is 17.2. The molecule has 0 amide bonds. The molecule has 162 valence electrons. The van der Waals surface area contributed by atoms with Crippen molar-refractivity contribution in [3.63, 3.8) is 0 Å². The Morgan fingerprint density at radius 1 is 1.03 bits per heavy atom. The number of nitrogens with zero attached hydrogens (tertiary/aromatic N) is 5. The number of hydrogen-bond donors (Lipinski definition) is 0. The van der Waals surface area contributed by atoms with Gasteiger partial charge in [0.1, 0.15) is 23.9 Å². The monoisotopic (exact) mass is 449 g/mol. The topological polar surface area (TPSA) is 56.1 Å². The fraction of sp³-hybridized carbons (Fsp3) is 0.381. The molecule has 3 aromatic rings. The Bertz CT molecular complexity index is 1110. The van der Waals surface area contributed by atoms with Gasteiger partial charge in [-0.25, -0.2) is 4.98 Å². The lowest BCUT2D eigenvalue weighted by Crippen LogP contribution is -2.34. The number of anilines is 1. The van der Waals surface area contributed by atoms with E-state index in [9.17, 15) is 13.2 Å². The molecule has 0 radical (unpaired) electrons. The van der Waals surface area contributed by atoms with E-state index in [1.807, 2.05) is 27.7 Å². The van der Waals surface area contributed by atoms with Gasteiger partial charge >= 0.3 is 6.18 Å². The molecule has 1 fully saturated rings. The third-order valence-corrected chi connectivity index (χ3v) is 5.97. The minimum absolute atomic E-state index is 0.130. The Morgan fingerprint density at radius 2 is 1.84 bits per heavy atom. The number of aromatic nitrogens is 4. The van der Waals surface area contributed by atoms with Gasteiger partial charge in [-0.2, -0.15) is 13.2 Å². The number of pyridine rings is 1. The van der Waals surface area contributed by atoms with Gasteiger partial charge in [0, 0.05) is 29.6 Å². The lowest BCUT2D eigenvalue weighted by Gasteiger charge is -2.32. The van der Waals surface area contributed by atoms with Crippen LogP contribution in [0.3, 0.4) is 0 Å². The molecule has 0 N–H and O–H groups in total. The summed E-state index contributed by atoms with van der Waals surface area (Å²) in [6.07, 6.45) is -2.98. The first kappa shape index (κ1) is 20.3. The SMILES string of the molecule is FC(F)(F)c1cccc(N2CCC(c3nnc4n3-c3ccc(Cl)cc3COC4)CC2)n1. The molecule has 6 nitrogen and oxygen atoms in total. The van der Waals surface area contributed by atoms with Crippen LogP contribution < -0.4 is 4.90 Å². The Kier molecular flexibility index (Phi) is 5.10. The lowest BCUT2D eigenvalue weighted by molar-refractivity contribution is -0.141. The standard InChI is InChI=1S/C21H19ClF3N5O/c22-15-4-5-16-14(10-15)11-31-12-19-27-28-20(30(16)19)13-6-8-29(9-7-13)18-3-1-2-17(26-18)21(23,24)25/h1-5,10,13H,6-9,11-12H2. The molecule has 2 aliphatic heterocycles. The molecule has 2 aromatic heterocycles. The summed E-state index contributed by atoms with van der Waals surface area (Å²) in [7, 11) is 0. The van der Waals surface area contributed by atoms with Gasteiger partial charge < -0.3 is 9.64 Å². The van der Waals surface area contributed by atoms with Crippen LogP contribution in [0.2, 0.25) is 5.02 Å². The third-order valence-electron chi connectivity index (χ3n) is 5.74. The van der Waals surface area contributed by atoms with Crippen molar-refractivity contribution in [2.75, 3.05) is 18.0 Å². The van der Waals surface area contributed by atoms with Crippen molar-refractivity contribution in [1.82, 2.24) is 19.7 Å². The number of alkyl halides is 3. The molecule has 10 heteroatoms. The summed E-state index contributed by atoms with van der Waals surface area (Å²) in [5.41, 5.74) is 1.06. The second-order valence-corrected chi connectivity index (χ2v) is 8.15. The van der Waals surface area contributed by atoms with Gasteiger partial charge in [0.25, 0.3) is 0 Å². The zero-order chi connectivity index (χ0) is 21.6. The molecule has 5 rings (SSSR count). The van der Waals surface area contributed by atoms with E-state index in [2.05, 4.69) is 15.2 Å². The highest BCUT2D eigenvalue weighted by molar-refractivity contribution is 6.30. The van der Waals surface area contributed by atoms with Crippen LogP contribution in [0, 0.1) is 0 Å². The van der Waals surface area contributed by atoms with Gasteiger partial charge in [-0.15, -0.1) is 10.2 Å². The maximum absolute atomic E-state index is 13.0. The van der Waals surface area contributed by atoms with E-state index >= 15 is 0 Å². The quantitative estimate of drug-likeness (QED) is 0.565. The molecule has 2 aliphatic rings. The number of fused-ring (bicyclic) bond motifs is 3. The van der Waals surface area contributed by atoms with Crippen LogP contribution in [-0.2, 0) is 24.1 Å². The van der Waals surface area contributed by atoms with E-state index in [1.165, 1.54) is 6.07 Å². The Morgan fingerprint density at radius 3 is 2.61 bits per heavy atom. The Balaban J connectivity index is 1.39. The highest BCUT2D eigenvalue weighted by Crippen LogP contribution is 2.34. The molecule has 1 aromatic carbocycles. The average molecular weight is 450 g/mol. The highest BCUT2D eigenvalue weighted by Gasteiger charge is 2.34. The molecule has 0 bridgehead atoms. The van der Waals surface area contributed by atoms with Crippen LogP contribution >= 0.6 is 11.6 Å². The van der Waals surface area contributed by atoms with Crippen molar-refractivity contribution < 1.29 is 17.9 Å². The molecule has 0 spiro atoms. The highest BCUT2D eigenvalue weighted by atomic mass is 35.5. The summed E-state index contributed by atoms with van der Waals surface area (Å²) < 4.78 is 46.8. The smallest absolute Gasteiger partial charge is 0.369 e. The van der Waals surface area contributed by atoms with Gasteiger partial charge in [-0.05, 0) is 43.2 Å². The molecule has 31 heavy (non-hydrogen) atoms. The second-order valence-electron chi connectivity index (χ2n) is 7.72. The maximum atomic E-state index is 13.0. The molecule has 0 atom stereocenters. The zero-order valence-corrected chi connectivity index (χ0v) is 17.2. The van der Waals surface area contributed by atoms with Gasteiger partial charge in [0.15, 0.2) is 5.82 Å². The molecule has 0 aliphatic carbocycles. The number of piperidine rings is 1. The summed E-state index contributed by atoms with van der Waals surface area (Å²) in [6, 6.07) is 9.68. The first-order valence-electron chi connectivity index (χ1n) is 10.00. The first-order chi connectivity index (χ1) is 14.9. The number of benzene rings is 1. The predicted octanol–water partition coefficient (Wildman–Crippen LogP) is 4.75. The minimum atomic E-state index is -4.45. The average Bonchev–Trinajstić information content (AvgIpc) is 3.09. The van der Waals surface area contributed by atoms with E-state index in [-0.39, 0.29) is 5.92 Å². The summed E-state index contributed by atoms with van der Waals surface area (Å²) in [5.74, 6) is 2.06. The van der Waals surface area contributed by atoms with E-state index in [0.29, 0.717) is 37.1 Å². The van der Waals surface area contributed by atoms with Crippen molar-refractivity contribution >= 4 is 17.4 Å². The van der Waals surface area contributed by atoms with Gasteiger partial charge in [-0.3, -0.25) is 4.57 Å². The van der Waals surface area contributed by atoms with Crippen molar-refractivity contribution in [3.05, 3.63) is 64.3 Å². The molecule has 0 saturated carbocycles. The van der Waals surface area contributed by atoms with Crippen molar-refractivity contribution in [3.8, 4) is 5.69 Å². The van der Waals surface area contributed by atoms with Crippen molar-refractivity contribution in [1.29, 1.82) is 0 Å². The molecule has 4 heterocycles. The fourth-order valence-electron chi connectivity index (χ4n) is 4.21. The second kappa shape index (κ2) is 7.80. The van der Waals surface area contributed by atoms with Crippen LogP contribution in [0.15, 0.2) is 36.4 Å². The minimum Gasteiger partial charge on any atom is -0.369 e. The van der Waals surface area contributed by atoms with Crippen molar-refractivity contribution in [2.24, 2.45) is 0 Å². The van der Waals surface area contributed by atoms with Crippen LogP contribution in [0.5, 0.6) is 0 Å². The lowest BCUT2D eigenvalue weighted by atomic mass is 9.95. The zero-order valence-electron chi connectivity index (χ0n) is 16.4. The number of ether oxygens (including phenoxy) is 1. The number of rotatable bonds is 2. The van der Waals surface area contributed by atoms with E-state index < -0.39 is 11.9 Å². The van der Waals surface area contributed by atoms with Crippen molar-refractivity contribution in [2.45, 2.75) is 38.1 Å². The Hall–Kier alpha value is -2.65. The maximum Gasteiger partial charge on any atom is 0.433 e. The van der Waals surface area contributed by atoms with E-state index in [1.54, 1.807) is 6.07 Å². The molecule has 1 saturated heterocycles. The van der Waals surface area contributed by atoms with Crippen LogP contribution in [-0.4, -0.2) is 32.8 Å². The first-order valence-corrected chi connectivity index (χ1v) is 10.4. The van der Waals surface area contributed by atoms with Gasteiger partial charge in [0.05, 0.1) is 12.3 Å². The van der Waals surface area contributed by atoms with Gasteiger partial charge in [0.2, 0.25) is 0 Å². The van der Waals surface area contributed by atoms with Crippen LogP contribution in [0.4, 0.5) is 19.0 Å². The molecular weight excluding hydrogens is 431 g/mol. The number of halogens is 4. The summed E-state index contributed by atoms with van der Waals surface area (Å²) in [4.78, 5) is 5.71. The van der Waals surface area contributed by atoms with Gasteiger partial charge in [-0.1, -0.05) is 17.7 Å². The largest absolute Gasteiger partial charge is 0.433 e. The molecular formula is C21H19ClF3N5O. The summed E-state index contributed by atoms with van der Waals surface area (Å²) >= 11 is 6.16. The van der Waals surface area contributed by atoms with E-state index in [0.717, 1.165) is 41.8 Å². The number of hydrogen-bond acceptors (Lipinski definition) is 5. The Labute approximate surface area is 181 Å².